The van der Waals surface area contributed by atoms with E-state index in [1.54, 1.807) is 0 Å². The van der Waals surface area contributed by atoms with Gasteiger partial charge in [0.2, 0.25) is 0 Å². The van der Waals surface area contributed by atoms with Gasteiger partial charge in [0.15, 0.2) is 6.10 Å². The summed E-state index contributed by atoms with van der Waals surface area (Å²) in [6, 6.07) is 0. The number of hydrogen-bond acceptors (Lipinski definition) is 9. The van der Waals surface area contributed by atoms with Crippen molar-refractivity contribution in [3.63, 3.8) is 0 Å². The van der Waals surface area contributed by atoms with Crippen molar-refractivity contribution >= 4 is 19.8 Å². The highest BCUT2D eigenvalue weighted by atomic mass is 31.2. The van der Waals surface area contributed by atoms with Gasteiger partial charge in [-0.2, -0.15) is 0 Å². The molecule has 0 fully saturated rings. The molecule has 3 N–H and O–H groups in total. The van der Waals surface area contributed by atoms with Crippen LogP contribution >= 0.6 is 7.82 Å². The number of aliphatic hydroxyl groups excluding tert-OH is 2. The van der Waals surface area contributed by atoms with Crippen LogP contribution in [0.1, 0.15) is 187 Å². The Morgan fingerprint density at radius 2 is 0.942 bits per heavy atom. The summed E-state index contributed by atoms with van der Waals surface area (Å²) >= 11 is 0. The molecule has 0 aromatic rings. The summed E-state index contributed by atoms with van der Waals surface area (Å²) < 4.78 is 32.6. The molecular weight excluding hydrogens is 683 g/mol. The van der Waals surface area contributed by atoms with Gasteiger partial charge in [0.05, 0.1) is 19.8 Å². The second-order valence-electron chi connectivity index (χ2n) is 14.0. The molecule has 52 heavy (non-hydrogen) atoms. The zero-order valence-corrected chi connectivity index (χ0v) is 33.9. The van der Waals surface area contributed by atoms with Crippen LogP contribution in [0.3, 0.4) is 0 Å². The molecule has 0 spiro atoms. The summed E-state index contributed by atoms with van der Waals surface area (Å²) in [4.78, 5) is 34.9. The average molecular weight is 761 g/mol. The first kappa shape index (κ1) is 50.5. The molecule has 0 saturated heterocycles. The molecule has 10 nitrogen and oxygen atoms in total. The van der Waals surface area contributed by atoms with E-state index >= 15 is 0 Å². The van der Waals surface area contributed by atoms with E-state index in [1.165, 1.54) is 89.9 Å². The lowest BCUT2D eigenvalue weighted by Crippen LogP contribution is -2.29. The first-order valence-corrected chi connectivity index (χ1v) is 22.3. The van der Waals surface area contributed by atoms with Crippen LogP contribution in [0.2, 0.25) is 0 Å². The van der Waals surface area contributed by atoms with Gasteiger partial charge >= 0.3 is 19.8 Å². The third-order valence-electron chi connectivity index (χ3n) is 8.83. The van der Waals surface area contributed by atoms with Gasteiger partial charge in [-0.1, -0.05) is 134 Å². The maximum atomic E-state index is 12.6. The summed E-state index contributed by atoms with van der Waals surface area (Å²) in [6.07, 6.45) is 35.7. The van der Waals surface area contributed by atoms with Crippen LogP contribution in [0, 0.1) is 0 Å². The smallest absolute Gasteiger partial charge is 0.462 e. The van der Waals surface area contributed by atoms with E-state index in [1.807, 2.05) is 0 Å². The number of unbranched alkanes of at least 4 members (excludes halogenated alkanes) is 21. The summed E-state index contributed by atoms with van der Waals surface area (Å²) in [6.45, 7) is 2.33. The highest BCUT2D eigenvalue weighted by Crippen LogP contribution is 2.43. The van der Waals surface area contributed by atoms with Crippen molar-refractivity contribution in [1.29, 1.82) is 0 Å². The Labute approximate surface area is 317 Å². The number of esters is 2. The third-order valence-corrected chi connectivity index (χ3v) is 9.78. The Bertz CT molecular complexity index is 925. The first-order chi connectivity index (χ1) is 25.2. The molecule has 0 aliphatic rings. The fourth-order valence-corrected chi connectivity index (χ4v) is 6.36. The van der Waals surface area contributed by atoms with Crippen LogP contribution < -0.4 is 0 Å². The van der Waals surface area contributed by atoms with Crippen molar-refractivity contribution in [1.82, 2.24) is 0 Å². The normalized spacial score (nSPS) is 14.2. The highest BCUT2D eigenvalue weighted by Gasteiger charge is 2.27. The average Bonchev–Trinajstić information content (AvgIpc) is 3.13. The zero-order chi connectivity index (χ0) is 38.4. The van der Waals surface area contributed by atoms with Crippen LogP contribution in [0.25, 0.3) is 0 Å². The number of carbonyl (C=O) groups excluding carboxylic acids is 2. The van der Waals surface area contributed by atoms with Gasteiger partial charge in [0.25, 0.3) is 0 Å². The molecular formula is C41H77O10P. The Hall–Kier alpha value is -1.55. The number of phosphoric ester groups is 1. The second kappa shape index (κ2) is 37.8. The minimum atomic E-state index is -4.61. The molecule has 0 saturated carbocycles. The van der Waals surface area contributed by atoms with Gasteiger partial charge < -0.3 is 24.6 Å². The molecule has 11 heteroatoms. The minimum Gasteiger partial charge on any atom is -0.462 e. The van der Waals surface area contributed by atoms with Crippen molar-refractivity contribution in [3.8, 4) is 0 Å². The van der Waals surface area contributed by atoms with Crippen LogP contribution in [0.5, 0.6) is 0 Å². The van der Waals surface area contributed by atoms with Crippen LogP contribution in [-0.4, -0.2) is 65.7 Å². The Morgan fingerprint density at radius 3 is 1.42 bits per heavy atom. The molecule has 0 aliphatic carbocycles. The molecule has 0 aromatic carbocycles. The summed E-state index contributed by atoms with van der Waals surface area (Å²) in [5.41, 5.74) is 0. The Morgan fingerprint density at radius 1 is 0.558 bits per heavy atom. The van der Waals surface area contributed by atoms with E-state index in [0.29, 0.717) is 12.8 Å². The summed E-state index contributed by atoms with van der Waals surface area (Å²) in [7, 11) is -4.61. The topological polar surface area (TPSA) is 149 Å². The first-order valence-electron chi connectivity index (χ1n) is 20.8. The molecule has 0 rings (SSSR count). The van der Waals surface area contributed by atoms with Crippen LogP contribution in [-0.2, 0) is 32.7 Å². The van der Waals surface area contributed by atoms with E-state index in [9.17, 15) is 24.2 Å². The van der Waals surface area contributed by atoms with E-state index in [0.717, 1.165) is 57.8 Å². The number of carbonyl (C=O) groups is 2. The summed E-state index contributed by atoms with van der Waals surface area (Å²) in [5.74, 6) is -0.935. The monoisotopic (exact) mass is 761 g/mol. The van der Waals surface area contributed by atoms with Crippen molar-refractivity contribution in [2.75, 3.05) is 26.4 Å². The minimum absolute atomic E-state index is 0.182. The molecule has 0 bridgehead atoms. The van der Waals surface area contributed by atoms with Crippen molar-refractivity contribution in [2.24, 2.45) is 0 Å². The highest BCUT2D eigenvalue weighted by molar-refractivity contribution is 7.47. The standard InChI is InChI=1S/C41H77O10P/c1-3-5-7-9-11-13-15-17-18-19-20-21-23-25-27-29-31-33-41(45)51-39(37-50-52(46,47)49-35-38(43)34-42)36-48-40(44)32-30-28-26-24-22-16-14-12-10-8-6-4-2/h12-15,38-39,42-43H,3-11,16-37H2,1-2H3,(H,46,47)/b14-12+,15-13+/t38-,39+/m0/s1. The lowest BCUT2D eigenvalue weighted by molar-refractivity contribution is -0.161. The zero-order valence-electron chi connectivity index (χ0n) is 33.0. The molecule has 0 heterocycles. The molecule has 306 valence electrons. The Kier molecular flexibility index (Phi) is 36.6. The largest absolute Gasteiger partial charge is 0.472 e. The van der Waals surface area contributed by atoms with Crippen LogP contribution in [0.4, 0.5) is 0 Å². The van der Waals surface area contributed by atoms with E-state index in [2.05, 4.69) is 42.7 Å². The lowest BCUT2D eigenvalue weighted by Gasteiger charge is -2.20. The van der Waals surface area contributed by atoms with Crippen molar-refractivity contribution in [3.05, 3.63) is 24.3 Å². The lowest BCUT2D eigenvalue weighted by atomic mass is 10.1. The molecule has 0 amide bonds. The van der Waals surface area contributed by atoms with E-state index in [4.69, 9.17) is 19.1 Å². The number of hydrogen-bond donors (Lipinski definition) is 3. The Balaban J connectivity index is 4.30. The number of aliphatic hydroxyl groups is 2. The second-order valence-corrected chi connectivity index (χ2v) is 15.5. The van der Waals surface area contributed by atoms with Crippen LogP contribution in [0.15, 0.2) is 24.3 Å². The van der Waals surface area contributed by atoms with Crippen molar-refractivity contribution < 1.29 is 47.8 Å². The number of phosphoric acid groups is 1. The maximum Gasteiger partial charge on any atom is 0.472 e. The van der Waals surface area contributed by atoms with Gasteiger partial charge in [-0.25, -0.2) is 4.57 Å². The van der Waals surface area contributed by atoms with Crippen molar-refractivity contribution in [2.45, 2.75) is 199 Å². The van der Waals surface area contributed by atoms with Gasteiger partial charge in [0.1, 0.15) is 12.7 Å². The van der Waals surface area contributed by atoms with Gasteiger partial charge in [-0.05, 0) is 64.2 Å². The van der Waals surface area contributed by atoms with E-state index in [-0.39, 0.29) is 19.4 Å². The maximum absolute atomic E-state index is 12.6. The number of allylic oxidation sites excluding steroid dienone is 4. The van der Waals surface area contributed by atoms with Gasteiger partial charge in [-0.15, -0.1) is 0 Å². The quantitative estimate of drug-likeness (QED) is 0.0239. The summed E-state index contributed by atoms with van der Waals surface area (Å²) in [5, 5.41) is 18.3. The molecule has 0 aliphatic heterocycles. The predicted octanol–water partition coefficient (Wildman–Crippen LogP) is 10.6. The fourth-order valence-electron chi connectivity index (χ4n) is 5.57. The number of rotatable bonds is 39. The number of ether oxygens (including phenoxy) is 2. The van der Waals surface area contributed by atoms with E-state index < -0.39 is 51.8 Å². The fraction of sp³-hybridized carbons (Fsp3) is 0.854. The third kappa shape index (κ3) is 36.8. The molecule has 1 unspecified atom stereocenters. The molecule has 0 radical (unpaired) electrons. The molecule has 0 aromatic heterocycles. The predicted molar refractivity (Wildman–Crippen MR) is 210 cm³/mol. The van der Waals surface area contributed by atoms with Gasteiger partial charge in [0, 0.05) is 12.8 Å². The SMILES string of the molecule is CCCCC/C=C/CCCCCCCC(=O)OC[C@H](COP(=O)(O)OC[C@@H](O)CO)OC(=O)CCCCCCCCCCC/C=C/CCCCCC. The van der Waals surface area contributed by atoms with Gasteiger partial charge in [-0.3, -0.25) is 18.6 Å². The molecule has 3 atom stereocenters.